The van der Waals surface area contributed by atoms with Crippen molar-refractivity contribution in [2.45, 2.75) is 19.4 Å². The average molecular weight is 246 g/mol. The molecule has 0 aliphatic heterocycles. The predicted molar refractivity (Wildman–Crippen MR) is 60.7 cm³/mol. The number of nitro groups is 1. The summed E-state index contributed by atoms with van der Waals surface area (Å²) in [7, 11) is 0. The van der Waals surface area contributed by atoms with Gasteiger partial charge in [0.2, 0.25) is 5.82 Å². The monoisotopic (exact) mass is 245 g/mol. The minimum Gasteiger partial charge on any atom is -0.391 e. The van der Waals surface area contributed by atoms with Gasteiger partial charge in [0.25, 0.3) is 0 Å². The molecule has 1 atom stereocenters. The molecule has 0 fully saturated rings. The third kappa shape index (κ3) is 3.32. The normalized spacial score (nSPS) is 12.2. The molecule has 0 amide bonds. The Labute approximate surface area is 97.4 Å². The SMILES string of the molecule is CCC(O)CNc1nc(Cl)ccc1[N+](=O)[O-]. The summed E-state index contributed by atoms with van der Waals surface area (Å²) in [5.41, 5.74) is -0.160. The van der Waals surface area contributed by atoms with Gasteiger partial charge in [0.1, 0.15) is 5.15 Å². The van der Waals surface area contributed by atoms with Crippen molar-refractivity contribution in [3.05, 3.63) is 27.4 Å². The Morgan fingerprint density at radius 1 is 1.69 bits per heavy atom. The number of pyridine rings is 1. The van der Waals surface area contributed by atoms with E-state index in [2.05, 4.69) is 10.3 Å². The molecule has 0 spiro atoms. The van der Waals surface area contributed by atoms with Crippen LogP contribution in [0.2, 0.25) is 5.15 Å². The second-order valence-corrected chi connectivity index (χ2v) is 3.59. The highest BCUT2D eigenvalue weighted by Crippen LogP contribution is 2.23. The third-order valence-corrected chi connectivity index (χ3v) is 2.22. The van der Waals surface area contributed by atoms with E-state index in [0.29, 0.717) is 6.42 Å². The van der Waals surface area contributed by atoms with E-state index in [1.807, 2.05) is 6.92 Å². The Morgan fingerprint density at radius 2 is 2.38 bits per heavy atom. The minimum atomic E-state index is -0.569. The van der Waals surface area contributed by atoms with Gasteiger partial charge >= 0.3 is 5.69 Å². The molecule has 0 bridgehead atoms. The number of aliphatic hydroxyl groups is 1. The number of aromatic nitrogens is 1. The van der Waals surface area contributed by atoms with Crippen LogP contribution in [0.4, 0.5) is 11.5 Å². The van der Waals surface area contributed by atoms with Crippen molar-refractivity contribution in [1.29, 1.82) is 0 Å². The molecule has 0 aliphatic carbocycles. The summed E-state index contributed by atoms with van der Waals surface area (Å²) >= 11 is 5.63. The van der Waals surface area contributed by atoms with Crippen molar-refractivity contribution in [3.63, 3.8) is 0 Å². The van der Waals surface area contributed by atoms with E-state index in [1.54, 1.807) is 0 Å². The highest BCUT2D eigenvalue weighted by atomic mass is 35.5. The molecule has 1 aromatic rings. The van der Waals surface area contributed by atoms with E-state index in [-0.39, 0.29) is 23.2 Å². The van der Waals surface area contributed by atoms with E-state index in [1.165, 1.54) is 12.1 Å². The van der Waals surface area contributed by atoms with Crippen LogP contribution in [0.15, 0.2) is 12.1 Å². The lowest BCUT2D eigenvalue weighted by molar-refractivity contribution is -0.384. The Kier molecular flexibility index (Phi) is 4.45. The van der Waals surface area contributed by atoms with Gasteiger partial charge in [0.15, 0.2) is 0 Å². The number of hydrogen-bond donors (Lipinski definition) is 2. The van der Waals surface area contributed by atoms with Gasteiger partial charge in [-0.25, -0.2) is 4.98 Å². The lowest BCUT2D eigenvalue weighted by Crippen LogP contribution is -2.19. The first-order chi connectivity index (χ1) is 7.54. The highest BCUT2D eigenvalue weighted by molar-refractivity contribution is 6.29. The molecule has 2 N–H and O–H groups in total. The molecule has 7 heteroatoms. The fraction of sp³-hybridized carbons (Fsp3) is 0.444. The number of anilines is 1. The van der Waals surface area contributed by atoms with E-state index < -0.39 is 11.0 Å². The van der Waals surface area contributed by atoms with Crippen LogP contribution in [0, 0.1) is 10.1 Å². The molecule has 1 aromatic heterocycles. The van der Waals surface area contributed by atoms with Gasteiger partial charge in [0, 0.05) is 12.6 Å². The van der Waals surface area contributed by atoms with Gasteiger partial charge in [0.05, 0.1) is 11.0 Å². The number of nitrogens with zero attached hydrogens (tertiary/aromatic N) is 2. The Morgan fingerprint density at radius 3 is 2.94 bits per heavy atom. The lowest BCUT2D eigenvalue weighted by atomic mass is 10.3. The van der Waals surface area contributed by atoms with Gasteiger partial charge < -0.3 is 10.4 Å². The van der Waals surface area contributed by atoms with Crippen LogP contribution in [0.1, 0.15) is 13.3 Å². The Hall–Kier alpha value is -1.40. The molecule has 1 heterocycles. The maximum Gasteiger partial charge on any atom is 0.311 e. The van der Waals surface area contributed by atoms with Crippen molar-refractivity contribution >= 4 is 23.1 Å². The van der Waals surface area contributed by atoms with Gasteiger partial charge in [-0.05, 0) is 12.5 Å². The Balaban J connectivity index is 2.84. The smallest absolute Gasteiger partial charge is 0.311 e. The van der Waals surface area contributed by atoms with Crippen LogP contribution >= 0.6 is 11.6 Å². The van der Waals surface area contributed by atoms with Crippen LogP contribution in [0.25, 0.3) is 0 Å². The summed E-state index contributed by atoms with van der Waals surface area (Å²) in [6.07, 6.45) is -0.0122. The zero-order valence-electron chi connectivity index (χ0n) is 8.68. The summed E-state index contributed by atoms with van der Waals surface area (Å²) in [6.45, 7) is 2.01. The van der Waals surface area contributed by atoms with Crippen molar-refractivity contribution < 1.29 is 10.0 Å². The highest BCUT2D eigenvalue weighted by Gasteiger charge is 2.15. The fourth-order valence-corrected chi connectivity index (χ4v) is 1.21. The van der Waals surface area contributed by atoms with Gasteiger partial charge in [-0.3, -0.25) is 10.1 Å². The van der Waals surface area contributed by atoms with E-state index in [9.17, 15) is 15.2 Å². The van der Waals surface area contributed by atoms with E-state index in [0.717, 1.165) is 0 Å². The van der Waals surface area contributed by atoms with Crippen molar-refractivity contribution in [2.75, 3.05) is 11.9 Å². The van der Waals surface area contributed by atoms with Crippen LogP contribution in [-0.4, -0.2) is 27.7 Å². The van der Waals surface area contributed by atoms with E-state index in [4.69, 9.17) is 11.6 Å². The zero-order chi connectivity index (χ0) is 12.1. The molecule has 6 nitrogen and oxygen atoms in total. The van der Waals surface area contributed by atoms with Gasteiger partial charge in [-0.2, -0.15) is 0 Å². The molecule has 0 saturated heterocycles. The summed E-state index contributed by atoms with van der Waals surface area (Å²) < 4.78 is 0. The van der Waals surface area contributed by atoms with Crippen molar-refractivity contribution in [3.8, 4) is 0 Å². The molecule has 88 valence electrons. The first-order valence-corrected chi connectivity index (χ1v) is 5.15. The number of rotatable bonds is 5. The molecule has 0 aromatic carbocycles. The predicted octanol–water partition coefficient (Wildman–Crippen LogP) is 1.83. The molecular formula is C9H12ClN3O3. The average Bonchev–Trinajstić information content (AvgIpc) is 2.25. The van der Waals surface area contributed by atoms with Gasteiger partial charge in [-0.15, -0.1) is 0 Å². The van der Waals surface area contributed by atoms with Crippen LogP contribution in [-0.2, 0) is 0 Å². The summed E-state index contributed by atoms with van der Waals surface area (Å²) in [6, 6.07) is 2.62. The first-order valence-electron chi connectivity index (χ1n) is 4.77. The van der Waals surface area contributed by atoms with Crippen molar-refractivity contribution in [2.24, 2.45) is 0 Å². The molecule has 0 aliphatic rings. The zero-order valence-corrected chi connectivity index (χ0v) is 9.44. The number of aliphatic hydroxyl groups excluding tert-OH is 1. The van der Waals surface area contributed by atoms with Crippen LogP contribution in [0.5, 0.6) is 0 Å². The molecular weight excluding hydrogens is 234 g/mol. The summed E-state index contributed by atoms with van der Waals surface area (Å²) in [4.78, 5) is 13.9. The van der Waals surface area contributed by atoms with E-state index >= 15 is 0 Å². The molecule has 16 heavy (non-hydrogen) atoms. The molecule has 1 unspecified atom stereocenters. The number of halogens is 1. The topological polar surface area (TPSA) is 88.3 Å². The second kappa shape index (κ2) is 5.62. The minimum absolute atomic E-state index is 0.0741. The maximum absolute atomic E-state index is 10.7. The quantitative estimate of drug-likeness (QED) is 0.469. The first kappa shape index (κ1) is 12.7. The molecule has 0 radical (unpaired) electrons. The second-order valence-electron chi connectivity index (χ2n) is 3.20. The fourth-order valence-electron chi connectivity index (χ4n) is 1.06. The Bertz CT molecular complexity index is 386. The third-order valence-electron chi connectivity index (χ3n) is 2.01. The van der Waals surface area contributed by atoms with Crippen LogP contribution in [0.3, 0.4) is 0 Å². The largest absolute Gasteiger partial charge is 0.391 e. The molecule has 0 saturated carbocycles. The van der Waals surface area contributed by atoms with Gasteiger partial charge in [-0.1, -0.05) is 18.5 Å². The molecule has 1 rings (SSSR count). The summed E-state index contributed by atoms with van der Waals surface area (Å²) in [5.74, 6) is 0.0741. The lowest BCUT2D eigenvalue weighted by Gasteiger charge is -2.10. The maximum atomic E-state index is 10.7. The van der Waals surface area contributed by atoms with Crippen LogP contribution < -0.4 is 5.32 Å². The summed E-state index contributed by atoms with van der Waals surface area (Å²) in [5, 5.41) is 22.9. The number of hydrogen-bond acceptors (Lipinski definition) is 5. The number of nitrogens with one attached hydrogen (secondary N) is 1. The standard InChI is InChI=1S/C9H12ClN3O3/c1-2-6(14)5-11-9-7(13(15)16)3-4-8(10)12-9/h3-4,6,14H,2,5H2,1H3,(H,11,12). The van der Waals surface area contributed by atoms with Crippen molar-refractivity contribution in [1.82, 2.24) is 4.98 Å².